The third-order valence-electron chi connectivity index (χ3n) is 5.77. The lowest BCUT2D eigenvalue weighted by Crippen LogP contribution is -2.60. The van der Waals surface area contributed by atoms with E-state index in [2.05, 4.69) is 21.2 Å². The second kappa shape index (κ2) is 7.25. The van der Waals surface area contributed by atoms with E-state index >= 15 is 0 Å². The van der Waals surface area contributed by atoms with E-state index in [-0.39, 0.29) is 29.9 Å². The Morgan fingerprint density at radius 3 is 2.64 bits per heavy atom. The summed E-state index contributed by atoms with van der Waals surface area (Å²) < 4.78 is 11.5. The van der Waals surface area contributed by atoms with Crippen LogP contribution >= 0.6 is 15.9 Å². The van der Waals surface area contributed by atoms with Gasteiger partial charge in [-0.1, -0.05) is 15.9 Å². The number of halogens is 1. The van der Waals surface area contributed by atoms with Gasteiger partial charge in [-0.2, -0.15) is 0 Å². The molecule has 2 N–H and O–H groups in total. The van der Waals surface area contributed by atoms with Gasteiger partial charge in [0.25, 0.3) is 0 Å². The quantitative estimate of drug-likeness (QED) is 0.459. The SMILES string of the molecule is CCOC(=O)[C@@H]1[C@H]2O[C@@]3(CC2Br)[C@H](C(=O)NC(C)(C)C)N([C@H](C)CO)C(=O)[C@@H]13. The number of nitrogens with one attached hydrogen (secondary N) is 1. The van der Waals surface area contributed by atoms with Crippen molar-refractivity contribution in [3.63, 3.8) is 0 Å². The van der Waals surface area contributed by atoms with Crippen molar-refractivity contribution >= 4 is 33.7 Å². The van der Waals surface area contributed by atoms with E-state index in [4.69, 9.17) is 9.47 Å². The number of aliphatic hydroxyl groups excluding tert-OH is 1. The van der Waals surface area contributed by atoms with E-state index in [1.54, 1.807) is 13.8 Å². The smallest absolute Gasteiger partial charge is 0.312 e. The maximum absolute atomic E-state index is 13.4. The lowest BCUT2D eigenvalue weighted by molar-refractivity contribution is -0.155. The molecule has 0 aromatic rings. The number of nitrogens with zero attached hydrogens (tertiary/aromatic N) is 1. The predicted molar refractivity (Wildman–Crippen MR) is 104 cm³/mol. The van der Waals surface area contributed by atoms with Crippen LogP contribution in [0.1, 0.15) is 41.0 Å². The molecule has 0 aromatic carbocycles. The van der Waals surface area contributed by atoms with Gasteiger partial charge in [0.1, 0.15) is 11.6 Å². The third kappa shape index (κ3) is 3.15. The van der Waals surface area contributed by atoms with Crippen molar-refractivity contribution in [1.82, 2.24) is 10.2 Å². The predicted octanol–water partition coefficient (Wildman–Crippen LogP) is 0.593. The molecule has 0 radical (unpaired) electrons. The summed E-state index contributed by atoms with van der Waals surface area (Å²) in [4.78, 5) is 40.6. The van der Waals surface area contributed by atoms with Crippen molar-refractivity contribution in [1.29, 1.82) is 0 Å². The van der Waals surface area contributed by atoms with Crippen LogP contribution in [0.3, 0.4) is 0 Å². The monoisotopic (exact) mass is 460 g/mol. The number of fused-ring (bicyclic) bond motifs is 1. The topological polar surface area (TPSA) is 105 Å². The average molecular weight is 461 g/mol. The lowest BCUT2D eigenvalue weighted by Gasteiger charge is -2.37. The number of ether oxygens (including phenoxy) is 2. The number of hydrogen-bond donors (Lipinski definition) is 2. The molecule has 7 atom stereocenters. The molecule has 9 heteroatoms. The van der Waals surface area contributed by atoms with Crippen LogP contribution in [0.15, 0.2) is 0 Å². The third-order valence-corrected chi connectivity index (χ3v) is 6.62. The summed E-state index contributed by atoms with van der Waals surface area (Å²) in [5.41, 5.74) is -1.62. The molecule has 0 aromatic heterocycles. The molecule has 1 unspecified atom stereocenters. The van der Waals surface area contributed by atoms with Gasteiger partial charge in [0.15, 0.2) is 0 Å². The van der Waals surface area contributed by atoms with Gasteiger partial charge in [0, 0.05) is 10.4 Å². The molecule has 0 aliphatic carbocycles. The van der Waals surface area contributed by atoms with E-state index in [0.717, 1.165) is 0 Å². The van der Waals surface area contributed by atoms with Crippen molar-refractivity contribution in [3.05, 3.63) is 0 Å². The molecule has 3 aliphatic rings. The average Bonchev–Trinajstić information content (AvgIpc) is 3.16. The van der Waals surface area contributed by atoms with Gasteiger partial charge in [-0.3, -0.25) is 14.4 Å². The minimum absolute atomic E-state index is 0.166. The fraction of sp³-hybridized carbons (Fsp3) is 0.842. The van der Waals surface area contributed by atoms with E-state index in [9.17, 15) is 19.5 Å². The van der Waals surface area contributed by atoms with Crippen LogP contribution in [0.2, 0.25) is 0 Å². The number of likely N-dealkylation sites (tertiary alicyclic amines) is 1. The molecule has 158 valence electrons. The van der Waals surface area contributed by atoms with Gasteiger partial charge in [-0.05, 0) is 41.0 Å². The number of alkyl halides is 1. The van der Waals surface area contributed by atoms with Gasteiger partial charge in [0.05, 0.1) is 37.2 Å². The highest BCUT2D eigenvalue weighted by molar-refractivity contribution is 9.09. The minimum Gasteiger partial charge on any atom is -0.466 e. The summed E-state index contributed by atoms with van der Waals surface area (Å²) >= 11 is 3.57. The Bertz CT molecular complexity index is 680. The molecule has 0 saturated carbocycles. The van der Waals surface area contributed by atoms with Crippen LogP contribution in [-0.2, 0) is 23.9 Å². The summed E-state index contributed by atoms with van der Waals surface area (Å²) in [7, 11) is 0. The summed E-state index contributed by atoms with van der Waals surface area (Å²) in [5, 5.41) is 12.7. The van der Waals surface area contributed by atoms with Gasteiger partial charge in [-0.25, -0.2) is 0 Å². The van der Waals surface area contributed by atoms with E-state index in [1.807, 2.05) is 20.8 Å². The first-order valence-electron chi connectivity index (χ1n) is 9.72. The number of amides is 2. The molecular weight excluding hydrogens is 432 g/mol. The highest BCUT2D eigenvalue weighted by atomic mass is 79.9. The summed E-state index contributed by atoms with van der Waals surface area (Å²) in [5.74, 6) is -2.73. The van der Waals surface area contributed by atoms with Gasteiger partial charge in [-0.15, -0.1) is 0 Å². The number of hydrogen-bond acceptors (Lipinski definition) is 6. The second-order valence-corrected chi connectivity index (χ2v) is 10.1. The fourth-order valence-electron chi connectivity index (χ4n) is 4.87. The van der Waals surface area contributed by atoms with Crippen molar-refractivity contribution in [2.45, 2.75) is 75.2 Å². The Hall–Kier alpha value is -1.19. The molecule has 28 heavy (non-hydrogen) atoms. The van der Waals surface area contributed by atoms with Crippen LogP contribution in [0, 0.1) is 11.8 Å². The highest BCUT2D eigenvalue weighted by Crippen LogP contribution is 2.60. The number of carbonyl (C=O) groups excluding carboxylic acids is 3. The molecule has 8 nitrogen and oxygen atoms in total. The Morgan fingerprint density at radius 1 is 1.46 bits per heavy atom. The van der Waals surface area contributed by atoms with Gasteiger partial charge in [0.2, 0.25) is 11.8 Å². The molecule has 2 bridgehead atoms. The van der Waals surface area contributed by atoms with Crippen molar-refractivity contribution in [2.75, 3.05) is 13.2 Å². The van der Waals surface area contributed by atoms with Crippen LogP contribution in [0.5, 0.6) is 0 Å². The van der Waals surface area contributed by atoms with E-state index < -0.39 is 47.1 Å². The standard InChI is InChI=1S/C19H29BrN2O6/c1-6-27-17(26)11-12-16(25)22(9(2)8-23)14(15(24)21-18(3,4)5)19(12)7-10(20)13(11)28-19/h9-14,23H,6-8H2,1-5H3,(H,21,24)/t9-,10?,11+,12-,13+,14+,19-/m1/s1. The number of esters is 1. The zero-order valence-corrected chi connectivity index (χ0v) is 18.5. The summed E-state index contributed by atoms with van der Waals surface area (Å²) in [6.45, 7) is 8.88. The number of rotatable bonds is 5. The first kappa shape index (κ1) is 21.5. The summed E-state index contributed by atoms with van der Waals surface area (Å²) in [6, 6.07) is -1.50. The zero-order valence-electron chi connectivity index (χ0n) is 16.9. The maximum atomic E-state index is 13.4. The number of aliphatic hydroxyl groups is 1. The molecule has 3 saturated heterocycles. The van der Waals surface area contributed by atoms with Crippen molar-refractivity contribution in [2.24, 2.45) is 11.8 Å². The van der Waals surface area contributed by atoms with Crippen LogP contribution in [0.25, 0.3) is 0 Å². The molecule has 3 heterocycles. The Kier molecular flexibility index (Phi) is 5.57. The maximum Gasteiger partial charge on any atom is 0.312 e. The first-order chi connectivity index (χ1) is 13.0. The Labute approximate surface area is 173 Å². The molecule has 3 fully saturated rings. The Balaban J connectivity index is 2.07. The second-order valence-electron chi connectivity index (χ2n) is 8.93. The van der Waals surface area contributed by atoms with Crippen LogP contribution in [0.4, 0.5) is 0 Å². The highest BCUT2D eigenvalue weighted by Gasteiger charge is 2.77. The first-order valence-corrected chi connectivity index (χ1v) is 10.6. The van der Waals surface area contributed by atoms with Crippen LogP contribution in [-0.4, -0.2) is 75.2 Å². The largest absolute Gasteiger partial charge is 0.466 e. The molecule has 3 rings (SSSR count). The fourth-order valence-corrected chi connectivity index (χ4v) is 5.82. The lowest BCUT2D eigenvalue weighted by atomic mass is 9.70. The number of carbonyl (C=O) groups is 3. The van der Waals surface area contributed by atoms with Crippen LogP contribution < -0.4 is 5.32 Å². The summed E-state index contributed by atoms with van der Waals surface area (Å²) in [6.07, 6.45) is -0.0922. The normalized spacial score (nSPS) is 37.8. The minimum atomic E-state index is -1.12. The van der Waals surface area contributed by atoms with Crippen molar-refractivity contribution < 1.29 is 29.0 Å². The Morgan fingerprint density at radius 2 is 2.11 bits per heavy atom. The molecule has 1 spiro atoms. The molecular formula is C19H29BrN2O6. The van der Waals surface area contributed by atoms with E-state index in [1.165, 1.54) is 4.90 Å². The van der Waals surface area contributed by atoms with E-state index in [0.29, 0.717) is 6.42 Å². The van der Waals surface area contributed by atoms with Crippen molar-refractivity contribution in [3.8, 4) is 0 Å². The molecule has 2 amide bonds. The zero-order chi connectivity index (χ0) is 21.0. The van der Waals surface area contributed by atoms with Gasteiger partial charge >= 0.3 is 5.97 Å². The van der Waals surface area contributed by atoms with Gasteiger partial charge < -0.3 is 24.8 Å². The molecule has 3 aliphatic heterocycles.